The van der Waals surface area contributed by atoms with Gasteiger partial charge in [-0.1, -0.05) is 13.2 Å². The predicted molar refractivity (Wildman–Crippen MR) is 161 cm³/mol. The average Bonchev–Trinajstić information content (AvgIpc) is 3.01. The number of ether oxygens (including phenoxy) is 5. The van der Waals surface area contributed by atoms with Gasteiger partial charge in [-0.3, -0.25) is 9.69 Å². The molecule has 16 heteroatoms. The lowest BCUT2D eigenvalue weighted by Gasteiger charge is -2.34. The fourth-order valence-corrected chi connectivity index (χ4v) is 4.78. The molecule has 0 unspecified atom stereocenters. The van der Waals surface area contributed by atoms with Crippen molar-refractivity contribution in [1.29, 1.82) is 0 Å². The van der Waals surface area contributed by atoms with Gasteiger partial charge in [0.1, 0.15) is 23.1 Å². The average molecular weight is 619 g/mol. The molecule has 3 heterocycles. The zero-order valence-corrected chi connectivity index (χ0v) is 25.3. The van der Waals surface area contributed by atoms with Crippen LogP contribution in [0.2, 0.25) is 0 Å². The molecule has 1 amide bonds. The molecule has 1 aliphatic rings. The van der Waals surface area contributed by atoms with Gasteiger partial charge >= 0.3 is 5.97 Å². The molecule has 0 aliphatic carbocycles. The standard InChI is InChI=1S/C27H38N8O7S/c1-5-21(36)30-20-18-19(28)29-27(31-20)43-23-24(38-3)32-26(33-25(23)39-4)35-11-9-34(10-12-35)8-7-13-40-14-15-41-16-17-42-22(37)6-2/h5-6,18H,1-2,7-17H2,3-4H3,(H3,28,29,30,31,36). The van der Waals surface area contributed by atoms with Crippen molar-refractivity contribution in [3.63, 3.8) is 0 Å². The summed E-state index contributed by atoms with van der Waals surface area (Å²) < 4.78 is 27.0. The van der Waals surface area contributed by atoms with Crippen LogP contribution >= 0.6 is 11.8 Å². The summed E-state index contributed by atoms with van der Waals surface area (Å²) in [5.41, 5.74) is 5.91. The molecule has 1 saturated heterocycles. The monoisotopic (exact) mass is 618 g/mol. The van der Waals surface area contributed by atoms with Gasteiger partial charge in [-0.05, 0) is 24.3 Å². The topological polar surface area (TPSA) is 176 Å². The molecule has 0 saturated carbocycles. The number of methoxy groups -OCH3 is 2. The van der Waals surface area contributed by atoms with Crippen LogP contribution in [0.5, 0.6) is 11.8 Å². The third-order valence-electron chi connectivity index (χ3n) is 5.96. The number of esters is 1. The number of carbonyl (C=O) groups is 2. The first kappa shape index (κ1) is 33.5. The number of aromatic nitrogens is 4. The summed E-state index contributed by atoms with van der Waals surface area (Å²) >= 11 is 1.11. The van der Waals surface area contributed by atoms with Gasteiger partial charge < -0.3 is 39.6 Å². The third-order valence-corrected chi connectivity index (χ3v) is 6.88. The second-order valence-corrected chi connectivity index (χ2v) is 9.88. The number of hydrogen-bond donors (Lipinski definition) is 2. The van der Waals surface area contributed by atoms with Gasteiger partial charge in [-0.15, -0.1) is 0 Å². The van der Waals surface area contributed by atoms with Crippen LogP contribution in [0.25, 0.3) is 0 Å². The van der Waals surface area contributed by atoms with Crippen LogP contribution in [0.4, 0.5) is 17.6 Å². The minimum absolute atomic E-state index is 0.173. The molecular formula is C27H38N8O7S. The Kier molecular flexibility index (Phi) is 13.9. The summed E-state index contributed by atoms with van der Waals surface area (Å²) in [4.78, 5) is 45.4. The minimum Gasteiger partial charge on any atom is -0.480 e. The van der Waals surface area contributed by atoms with Gasteiger partial charge in [0.05, 0.1) is 34.0 Å². The van der Waals surface area contributed by atoms with E-state index in [-0.39, 0.29) is 23.4 Å². The number of nitrogens with one attached hydrogen (secondary N) is 1. The molecule has 0 bridgehead atoms. The lowest BCUT2D eigenvalue weighted by atomic mass is 10.3. The van der Waals surface area contributed by atoms with Crippen LogP contribution in [0.15, 0.2) is 41.4 Å². The van der Waals surface area contributed by atoms with Crippen molar-refractivity contribution in [3.8, 4) is 11.8 Å². The highest BCUT2D eigenvalue weighted by molar-refractivity contribution is 7.99. The van der Waals surface area contributed by atoms with E-state index in [9.17, 15) is 9.59 Å². The van der Waals surface area contributed by atoms with Gasteiger partial charge in [-0.25, -0.2) is 14.8 Å². The number of hydrogen-bond acceptors (Lipinski definition) is 15. The van der Waals surface area contributed by atoms with Gasteiger partial charge in [0.15, 0.2) is 5.16 Å². The molecule has 43 heavy (non-hydrogen) atoms. The van der Waals surface area contributed by atoms with E-state index in [1.54, 1.807) is 0 Å². The highest BCUT2D eigenvalue weighted by Gasteiger charge is 2.24. The van der Waals surface area contributed by atoms with Crippen LogP contribution < -0.4 is 25.4 Å². The normalized spacial score (nSPS) is 13.3. The van der Waals surface area contributed by atoms with Crippen LogP contribution in [0, 0.1) is 0 Å². The predicted octanol–water partition coefficient (Wildman–Crippen LogP) is 1.42. The molecule has 0 radical (unpaired) electrons. The fraction of sp³-hybridized carbons (Fsp3) is 0.481. The highest BCUT2D eigenvalue weighted by Crippen LogP contribution is 2.40. The molecule has 0 aromatic carbocycles. The van der Waals surface area contributed by atoms with Crippen molar-refractivity contribution >= 4 is 41.2 Å². The van der Waals surface area contributed by atoms with Gasteiger partial charge in [0.25, 0.3) is 0 Å². The van der Waals surface area contributed by atoms with Crippen LogP contribution in [-0.2, 0) is 23.8 Å². The molecular weight excluding hydrogens is 580 g/mol. The first-order chi connectivity index (χ1) is 20.9. The number of anilines is 3. The van der Waals surface area contributed by atoms with Crippen LogP contribution in [0.3, 0.4) is 0 Å². The summed E-state index contributed by atoms with van der Waals surface area (Å²) in [6, 6.07) is 1.44. The lowest BCUT2D eigenvalue weighted by Crippen LogP contribution is -2.47. The van der Waals surface area contributed by atoms with E-state index in [4.69, 9.17) is 29.4 Å². The number of nitrogen functional groups attached to an aromatic ring is 1. The first-order valence-corrected chi connectivity index (χ1v) is 14.4. The smallest absolute Gasteiger partial charge is 0.330 e. The van der Waals surface area contributed by atoms with E-state index in [1.165, 1.54) is 20.3 Å². The maximum absolute atomic E-state index is 11.7. The number of amides is 1. The largest absolute Gasteiger partial charge is 0.480 e. The maximum atomic E-state index is 11.7. The number of nitrogens with zero attached hydrogens (tertiary/aromatic N) is 6. The Morgan fingerprint density at radius 1 is 0.953 bits per heavy atom. The maximum Gasteiger partial charge on any atom is 0.330 e. The second-order valence-electron chi connectivity index (χ2n) is 8.91. The van der Waals surface area contributed by atoms with E-state index in [0.717, 1.165) is 63.1 Å². The Morgan fingerprint density at radius 2 is 1.60 bits per heavy atom. The molecule has 1 aliphatic heterocycles. The molecule has 15 nitrogen and oxygen atoms in total. The van der Waals surface area contributed by atoms with Crippen molar-refractivity contribution in [2.24, 2.45) is 0 Å². The first-order valence-electron chi connectivity index (χ1n) is 13.5. The minimum atomic E-state index is -0.460. The Labute approximate surface area is 254 Å². The van der Waals surface area contributed by atoms with E-state index in [2.05, 4.69) is 48.2 Å². The molecule has 2 aromatic heterocycles. The zero-order chi connectivity index (χ0) is 31.0. The summed E-state index contributed by atoms with van der Waals surface area (Å²) in [5.74, 6) is 0.619. The number of rotatable bonds is 18. The van der Waals surface area contributed by atoms with E-state index in [1.807, 2.05) is 0 Å². The van der Waals surface area contributed by atoms with Gasteiger partial charge in [0.2, 0.25) is 23.6 Å². The Bertz CT molecular complexity index is 1220. The third kappa shape index (κ3) is 11.0. The second kappa shape index (κ2) is 17.8. The SMILES string of the molecule is C=CC(=O)Nc1cc(N)nc(Sc2c(OC)nc(N3CCN(CCCOCCOCCOC(=O)C=C)CC3)nc2OC)n1. The molecule has 3 N–H and O–H groups in total. The summed E-state index contributed by atoms with van der Waals surface area (Å²) in [6.07, 6.45) is 3.15. The number of piperazine rings is 1. The lowest BCUT2D eigenvalue weighted by molar-refractivity contribution is -0.139. The Morgan fingerprint density at radius 3 is 2.23 bits per heavy atom. The Balaban J connectivity index is 1.47. The Hall–Kier alpha value is -3.99. The highest BCUT2D eigenvalue weighted by atomic mass is 32.2. The molecule has 2 aromatic rings. The van der Waals surface area contributed by atoms with Crippen molar-refractivity contribution in [1.82, 2.24) is 24.8 Å². The molecule has 0 spiro atoms. The van der Waals surface area contributed by atoms with Crippen molar-refractivity contribution in [2.75, 3.05) is 95.9 Å². The molecule has 234 valence electrons. The van der Waals surface area contributed by atoms with Gasteiger partial charge in [-0.2, -0.15) is 9.97 Å². The number of nitrogens with two attached hydrogens (primary N) is 1. The van der Waals surface area contributed by atoms with E-state index >= 15 is 0 Å². The van der Waals surface area contributed by atoms with E-state index < -0.39 is 11.9 Å². The summed E-state index contributed by atoms with van der Waals surface area (Å²) in [7, 11) is 3.03. The fourth-order valence-electron chi connectivity index (χ4n) is 3.87. The molecule has 1 fully saturated rings. The number of carbonyl (C=O) groups excluding carboxylic acids is 2. The quantitative estimate of drug-likeness (QED) is 0.106. The van der Waals surface area contributed by atoms with Crippen molar-refractivity contribution in [3.05, 3.63) is 31.4 Å². The van der Waals surface area contributed by atoms with Crippen molar-refractivity contribution in [2.45, 2.75) is 16.5 Å². The summed E-state index contributed by atoms with van der Waals surface area (Å²) in [6.45, 7) is 12.9. The summed E-state index contributed by atoms with van der Waals surface area (Å²) in [5, 5.41) is 2.83. The van der Waals surface area contributed by atoms with Crippen molar-refractivity contribution < 1.29 is 33.3 Å². The van der Waals surface area contributed by atoms with E-state index in [0.29, 0.717) is 49.0 Å². The van der Waals surface area contributed by atoms with Crippen LogP contribution in [-0.4, -0.2) is 117 Å². The zero-order valence-electron chi connectivity index (χ0n) is 24.5. The molecule has 0 atom stereocenters. The van der Waals surface area contributed by atoms with Crippen LogP contribution in [0.1, 0.15) is 6.42 Å². The molecule has 3 rings (SSSR count). The van der Waals surface area contributed by atoms with Gasteiger partial charge in [0, 0.05) is 51.5 Å².